The third-order valence-corrected chi connectivity index (χ3v) is 6.22. The van der Waals surface area contributed by atoms with Crippen molar-refractivity contribution in [2.75, 3.05) is 13.2 Å². The van der Waals surface area contributed by atoms with Gasteiger partial charge in [-0.1, -0.05) is 111 Å². The van der Waals surface area contributed by atoms with Crippen LogP contribution in [0.1, 0.15) is 25.0 Å². The molecule has 7 nitrogen and oxygen atoms in total. The van der Waals surface area contributed by atoms with Gasteiger partial charge in [-0.25, -0.2) is 4.79 Å². The van der Waals surface area contributed by atoms with Crippen LogP contribution < -0.4 is 20.7 Å². The van der Waals surface area contributed by atoms with Gasteiger partial charge in [0.1, 0.15) is 18.5 Å². The van der Waals surface area contributed by atoms with E-state index in [4.69, 9.17) is 4.74 Å². The van der Waals surface area contributed by atoms with Crippen LogP contribution >= 0.6 is 0 Å². The summed E-state index contributed by atoms with van der Waals surface area (Å²) < 4.78 is 5.72. The molecular formula is C31H33N3O4. The summed E-state index contributed by atoms with van der Waals surface area (Å²) in [6.45, 7) is 4.95. The number of amides is 3. The number of carbonyl (C=O) groups is 2. The normalized spacial score (nSPS) is 14.8. The summed E-state index contributed by atoms with van der Waals surface area (Å²) in [4.78, 5) is 23.9. The van der Waals surface area contributed by atoms with E-state index >= 15 is 0 Å². The van der Waals surface area contributed by atoms with Gasteiger partial charge in [-0.05, 0) is 22.6 Å². The highest BCUT2D eigenvalue weighted by atomic mass is 16.5. The van der Waals surface area contributed by atoms with Crippen LogP contribution in [0, 0.1) is 0 Å². The maximum atomic E-state index is 12.3. The summed E-state index contributed by atoms with van der Waals surface area (Å²) in [5, 5.41) is 20.3. The number of imide groups is 1. The van der Waals surface area contributed by atoms with Crippen LogP contribution in [0.3, 0.4) is 0 Å². The number of hydrogen-bond donors (Lipinski definition) is 4. The van der Waals surface area contributed by atoms with Crippen molar-refractivity contribution in [3.8, 4) is 5.75 Å². The molecule has 1 fully saturated rings. The standard InChI is InChI=1S/C16H21NO2.C15H12N2O2/c1-12(2)17-10-14(18)11-19-16-9-5-7-13-6-3-4-8-15(13)16;18-13-15(17-14(19)16-13,11-7-3-1-4-8-11)12-9-5-2-6-10-12/h3-9,12,14,17-18H,10-11H2,1-2H3;1-10H,(H2,16,17,18,19). The van der Waals surface area contributed by atoms with Crippen LogP contribution in [0.5, 0.6) is 5.75 Å². The molecule has 0 saturated carbocycles. The average Bonchev–Trinajstić information content (AvgIpc) is 3.26. The van der Waals surface area contributed by atoms with Gasteiger partial charge >= 0.3 is 6.03 Å². The molecule has 4 aromatic rings. The minimum absolute atomic E-state index is 0.299. The van der Waals surface area contributed by atoms with Gasteiger partial charge < -0.3 is 20.5 Å². The quantitative estimate of drug-likeness (QED) is 0.264. The predicted octanol–water partition coefficient (Wildman–Crippen LogP) is 4.35. The second-order valence-electron chi connectivity index (χ2n) is 9.40. The number of fused-ring (bicyclic) bond motifs is 1. The number of aliphatic hydroxyl groups is 1. The van der Waals surface area contributed by atoms with Crippen LogP contribution in [0.4, 0.5) is 4.79 Å². The van der Waals surface area contributed by atoms with Gasteiger partial charge in [-0.2, -0.15) is 0 Å². The van der Waals surface area contributed by atoms with Crippen LogP contribution in [0.2, 0.25) is 0 Å². The summed E-state index contributed by atoms with van der Waals surface area (Å²) in [7, 11) is 0. The maximum Gasteiger partial charge on any atom is 0.322 e. The van der Waals surface area contributed by atoms with Crippen molar-refractivity contribution in [2.45, 2.75) is 31.5 Å². The second kappa shape index (κ2) is 12.4. The fourth-order valence-corrected chi connectivity index (χ4v) is 4.34. The topological polar surface area (TPSA) is 99.7 Å². The van der Waals surface area contributed by atoms with E-state index in [0.29, 0.717) is 19.2 Å². The van der Waals surface area contributed by atoms with E-state index < -0.39 is 17.7 Å². The number of benzene rings is 4. The number of nitrogens with one attached hydrogen (secondary N) is 3. The van der Waals surface area contributed by atoms with Gasteiger partial charge in [0.2, 0.25) is 0 Å². The van der Waals surface area contributed by atoms with Crippen molar-refractivity contribution < 1.29 is 19.4 Å². The van der Waals surface area contributed by atoms with Crippen LogP contribution in [-0.4, -0.2) is 42.3 Å². The number of ether oxygens (including phenoxy) is 1. The van der Waals surface area contributed by atoms with Crippen LogP contribution in [0.15, 0.2) is 103 Å². The molecule has 1 aliphatic rings. The van der Waals surface area contributed by atoms with E-state index in [1.807, 2.05) is 91.0 Å². The molecule has 38 heavy (non-hydrogen) atoms. The second-order valence-corrected chi connectivity index (χ2v) is 9.40. The van der Waals surface area contributed by atoms with Crippen molar-refractivity contribution in [1.82, 2.24) is 16.0 Å². The van der Waals surface area contributed by atoms with E-state index in [1.165, 1.54) is 0 Å². The first kappa shape index (κ1) is 26.9. The zero-order valence-corrected chi connectivity index (χ0v) is 21.6. The molecule has 1 unspecified atom stereocenters. The number of urea groups is 1. The first-order valence-electron chi connectivity index (χ1n) is 12.7. The Balaban J connectivity index is 0.000000177. The van der Waals surface area contributed by atoms with E-state index in [0.717, 1.165) is 27.6 Å². The van der Waals surface area contributed by atoms with Crippen molar-refractivity contribution in [2.24, 2.45) is 0 Å². The van der Waals surface area contributed by atoms with E-state index in [1.54, 1.807) is 0 Å². The summed E-state index contributed by atoms with van der Waals surface area (Å²) in [6, 6.07) is 32.4. The van der Waals surface area contributed by atoms with E-state index in [9.17, 15) is 14.7 Å². The summed E-state index contributed by atoms with van der Waals surface area (Å²) >= 11 is 0. The number of carbonyl (C=O) groups excluding carboxylic acids is 2. The minimum Gasteiger partial charge on any atom is -0.490 e. The molecule has 0 bridgehead atoms. The molecule has 196 valence electrons. The minimum atomic E-state index is -1.14. The first-order chi connectivity index (χ1) is 18.4. The molecule has 4 N–H and O–H groups in total. The highest BCUT2D eigenvalue weighted by Gasteiger charge is 2.48. The summed E-state index contributed by atoms with van der Waals surface area (Å²) in [6.07, 6.45) is -0.499. The van der Waals surface area contributed by atoms with Gasteiger partial charge in [0.15, 0.2) is 5.54 Å². The monoisotopic (exact) mass is 511 g/mol. The average molecular weight is 512 g/mol. The largest absolute Gasteiger partial charge is 0.490 e. The Morgan fingerprint density at radius 2 is 1.39 bits per heavy atom. The number of aliphatic hydroxyl groups excluding tert-OH is 1. The molecular weight excluding hydrogens is 478 g/mol. The van der Waals surface area contributed by atoms with Gasteiger partial charge in [-0.15, -0.1) is 0 Å². The fraction of sp³-hybridized carbons (Fsp3) is 0.226. The summed E-state index contributed by atoms with van der Waals surface area (Å²) in [5.41, 5.74) is 0.341. The summed E-state index contributed by atoms with van der Waals surface area (Å²) in [5.74, 6) is 0.469. The Labute approximate surface area is 222 Å². The van der Waals surface area contributed by atoms with Gasteiger partial charge in [0, 0.05) is 18.0 Å². The third-order valence-electron chi connectivity index (χ3n) is 6.22. The molecule has 1 saturated heterocycles. The molecule has 3 amide bonds. The van der Waals surface area contributed by atoms with Crippen LogP contribution in [-0.2, 0) is 10.3 Å². The third kappa shape index (κ3) is 6.19. The lowest BCUT2D eigenvalue weighted by molar-refractivity contribution is -0.122. The molecule has 4 aromatic carbocycles. The molecule has 0 aromatic heterocycles. The molecule has 7 heteroatoms. The van der Waals surface area contributed by atoms with Gasteiger partial charge in [0.05, 0.1) is 0 Å². The zero-order chi connectivity index (χ0) is 27.0. The molecule has 0 radical (unpaired) electrons. The lowest BCUT2D eigenvalue weighted by Crippen LogP contribution is -2.44. The zero-order valence-electron chi connectivity index (χ0n) is 21.6. The lowest BCUT2D eigenvalue weighted by atomic mass is 9.83. The molecule has 1 heterocycles. The molecule has 0 aliphatic carbocycles. The van der Waals surface area contributed by atoms with Crippen molar-refractivity contribution in [3.05, 3.63) is 114 Å². The lowest BCUT2D eigenvalue weighted by Gasteiger charge is -2.27. The number of rotatable bonds is 8. The van der Waals surface area contributed by atoms with Crippen molar-refractivity contribution in [3.63, 3.8) is 0 Å². The van der Waals surface area contributed by atoms with E-state index in [-0.39, 0.29) is 5.91 Å². The SMILES string of the molecule is CC(C)NCC(O)COc1cccc2ccccc12.O=C1NC(=O)C(c2ccccc2)(c2ccccc2)N1. The smallest absolute Gasteiger partial charge is 0.322 e. The Morgan fingerprint density at radius 3 is 1.97 bits per heavy atom. The highest BCUT2D eigenvalue weighted by molar-refractivity contribution is 6.09. The van der Waals surface area contributed by atoms with Gasteiger partial charge in [-0.3, -0.25) is 10.1 Å². The van der Waals surface area contributed by atoms with Gasteiger partial charge in [0.25, 0.3) is 5.91 Å². The predicted molar refractivity (Wildman–Crippen MR) is 149 cm³/mol. The Bertz CT molecular complexity index is 1310. The highest BCUT2D eigenvalue weighted by Crippen LogP contribution is 2.32. The van der Waals surface area contributed by atoms with Crippen LogP contribution in [0.25, 0.3) is 10.8 Å². The van der Waals surface area contributed by atoms with Crippen molar-refractivity contribution >= 4 is 22.7 Å². The first-order valence-corrected chi connectivity index (χ1v) is 12.7. The van der Waals surface area contributed by atoms with Crippen molar-refractivity contribution in [1.29, 1.82) is 0 Å². The molecule has 0 spiro atoms. The van der Waals surface area contributed by atoms with E-state index in [2.05, 4.69) is 41.9 Å². The molecule has 1 aliphatic heterocycles. The fourth-order valence-electron chi connectivity index (χ4n) is 4.34. The maximum absolute atomic E-state index is 12.3. The Hall–Kier alpha value is -4.20. The molecule has 1 atom stereocenters. The molecule has 5 rings (SSSR count). The Morgan fingerprint density at radius 1 is 0.816 bits per heavy atom. The Kier molecular flexibility index (Phi) is 8.73. The number of hydrogen-bond acceptors (Lipinski definition) is 5.